The number of urea groups is 1. The minimum absolute atomic E-state index is 0.293. The number of carbonyl (C=O) groups is 1. The molecule has 0 unspecified atom stereocenters. The van der Waals surface area contributed by atoms with Crippen LogP contribution in [0.5, 0.6) is 0 Å². The van der Waals surface area contributed by atoms with Gasteiger partial charge < -0.3 is 16.4 Å². The molecule has 34 heavy (non-hydrogen) atoms. The van der Waals surface area contributed by atoms with Crippen LogP contribution in [-0.2, 0) is 0 Å². The fourth-order valence-electron chi connectivity index (χ4n) is 3.89. The van der Waals surface area contributed by atoms with Gasteiger partial charge in [-0.2, -0.15) is 0 Å². The van der Waals surface area contributed by atoms with Crippen LogP contribution in [0.3, 0.4) is 0 Å². The van der Waals surface area contributed by atoms with Crippen molar-refractivity contribution in [2.75, 3.05) is 16.4 Å². The minimum Gasteiger partial charge on any atom is -0.383 e. The van der Waals surface area contributed by atoms with Crippen LogP contribution in [0.4, 0.5) is 22.0 Å². The zero-order valence-corrected chi connectivity index (χ0v) is 19.9. The molecule has 0 saturated carbocycles. The topological polar surface area (TPSA) is 80.0 Å². The van der Waals surface area contributed by atoms with Crippen LogP contribution in [-0.4, -0.2) is 11.0 Å². The summed E-state index contributed by atoms with van der Waals surface area (Å²) >= 11 is 7.83. The van der Waals surface area contributed by atoms with E-state index in [0.29, 0.717) is 16.5 Å². The molecule has 2 aromatic heterocycles. The molecule has 0 bridgehead atoms. The number of thiophene rings is 1. The monoisotopic (exact) mass is 484 g/mol. The molecule has 5 nitrogen and oxygen atoms in total. The fraction of sp³-hybridized carbons (Fsp3) is 0.0370. The number of anilines is 3. The number of amides is 2. The van der Waals surface area contributed by atoms with E-state index in [0.717, 1.165) is 43.6 Å². The molecular formula is C27H21ClN4OS. The lowest BCUT2D eigenvalue weighted by molar-refractivity contribution is 0.262. The maximum absolute atomic E-state index is 12.4. The van der Waals surface area contributed by atoms with E-state index in [4.69, 9.17) is 17.3 Å². The first-order valence-electron chi connectivity index (χ1n) is 10.6. The van der Waals surface area contributed by atoms with Gasteiger partial charge >= 0.3 is 6.03 Å². The van der Waals surface area contributed by atoms with Gasteiger partial charge in [-0.25, -0.2) is 9.78 Å². The molecule has 5 rings (SSSR count). The summed E-state index contributed by atoms with van der Waals surface area (Å²) in [6, 6.07) is 22.8. The summed E-state index contributed by atoms with van der Waals surface area (Å²) in [6.45, 7) is 1.98. The Morgan fingerprint density at radius 2 is 1.68 bits per heavy atom. The van der Waals surface area contributed by atoms with E-state index in [-0.39, 0.29) is 6.03 Å². The predicted octanol–water partition coefficient (Wildman–Crippen LogP) is 7.82. The highest BCUT2D eigenvalue weighted by Gasteiger charge is 2.15. The van der Waals surface area contributed by atoms with Gasteiger partial charge in [-0.3, -0.25) is 0 Å². The molecule has 4 N–H and O–H groups in total. The number of nitrogens with zero attached hydrogens (tertiary/aromatic N) is 1. The normalized spacial score (nSPS) is 10.9. The van der Waals surface area contributed by atoms with Crippen molar-refractivity contribution in [3.63, 3.8) is 0 Å². The number of halogens is 1. The Bertz CT molecular complexity index is 1510. The molecule has 0 aliphatic carbocycles. The van der Waals surface area contributed by atoms with E-state index in [1.165, 1.54) is 0 Å². The Hall–Kier alpha value is -3.87. The summed E-state index contributed by atoms with van der Waals surface area (Å²) in [4.78, 5) is 16.8. The highest BCUT2D eigenvalue weighted by atomic mass is 35.5. The van der Waals surface area contributed by atoms with E-state index in [1.54, 1.807) is 17.5 Å². The first-order valence-corrected chi connectivity index (χ1v) is 11.9. The van der Waals surface area contributed by atoms with E-state index in [2.05, 4.69) is 21.0 Å². The van der Waals surface area contributed by atoms with Gasteiger partial charge in [0.1, 0.15) is 5.82 Å². The minimum atomic E-state index is -0.293. The lowest BCUT2D eigenvalue weighted by Crippen LogP contribution is -2.19. The number of benzene rings is 3. The van der Waals surface area contributed by atoms with Crippen LogP contribution in [0.2, 0.25) is 5.02 Å². The summed E-state index contributed by atoms with van der Waals surface area (Å²) in [7, 11) is 0. The Morgan fingerprint density at radius 3 is 2.44 bits per heavy atom. The maximum atomic E-state index is 12.4. The second-order valence-electron chi connectivity index (χ2n) is 7.95. The molecule has 7 heteroatoms. The van der Waals surface area contributed by atoms with Crippen LogP contribution in [0, 0.1) is 6.92 Å². The first kappa shape index (κ1) is 21.9. The van der Waals surface area contributed by atoms with Gasteiger partial charge in [0.05, 0.1) is 0 Å². The number of nitrogens with one attached hydrogen (secondary N) is 2. The van der Waals surface area contributed by atoms with Crippen molar-refractivity contribution in [2.45, 2.75) is 6.92 Å². The van der Waals surface area contributed by atoms with Crippen LogP contribution in [0.25, 0.3) is 32.3 Å². The van der Waals surface area contributed by atoms with Crippen LogP contribution in [0.15, 0.2) is 84.4 Å². The molecule has 0 atom stereocenters. The van der Waals surface area contributed by atoms with Gasteiger partial charge in [0.2, 0.25) is 0 Å². The zero-order valence-electron chi connectivity index (χ0n) is 18.3. The van der Waals surface area contributed by atoms with Crippen molar-refractivity contribution in [3.05, 3.63) is 95.0 Å². The molecule has 0 radical (unpaired) electrons. The number of pyridine rings is 1. The number of carbonyl (C=O) groups excluding carboxylic acids is 1. The number of aromatic nitrogens is 1. The van der Waals surface area contributed by atoms with Gasteiger partial charge in [-0.1, -0.05) is 48.0 Å². The molecule has 3 aromatic carbocycles. The Kier molecular flexibility index (Phi) is 5.92. The molecule has 0 aliphatic rings. The number of nitrogen functional groups attached to an aromatic ring is 1. The summed E-state index contributed by atoms with van der Waals surface area (Å²) in [6.07, 6.45) is 1.80. The molecular weight excluding hydrogens is 464 g/mol. The smallest absolute Gasteiger partial charge is 0.323 e. The summed E-state index contributed by atoms with van der Waals surface area (Å²) in [5, 5.41) is 9.40. The number of nitrogens with two attached hydrogens (primary N) is 1. The molecule has 0 fully saturated rings. The average molecular weight is 485 g/mol. The van der Waals surface area contributed by atoms with E-state index < -0.39 is 0 Å². The molecule has 168 valence electrons. The molecule has 0 saturated heterocycles. The van der Waals surface area contributed by atoms with Crippen LogP contribution >= 0.6 is 22.9 Å². The van der Waals surface area contributed by atoms with Crippen molar-refractivity contribution >= 4 is 56.2 Å². The van der Waals surface area contributed by atoms with Crippen molar-refractivity contribution in [3.8, 4) is 22.3 Å². The van der Waals surface area contributed by atoms with E-state index in [1.807, 2.05) is 79.7 Å². The van der Waals surface area contributed by atoms with Crippen LogP contribution in [0.1, 0.15) is 5.56 Å². The average Bonchev–Trinajstić information content (AvgIpc) is 3.26. The fourth-order valence-corrected chi connectivity index (χ4v) is 5.20. The van der Waals surface area contributed by atoms with Crippen molar-refractivity contribution in [1.82, 2.24) is 4.98 Å². The molecule has 2 heterocycles. The summed E-state index contributed by atoms with van der Waals surface area (Å²) in [5.74, 6) is 0.483. The first-order chi connectivity index (χ1) is 16.5. The third kappa shape index (κ3) is 4.46. The van der Waals surface area contributed by atoms with Crippen molar-refractivity contribution in [1.29, 1.82) is 0 Å². The third-order valence-corrected chi connectivity index (χ3v) is 6.74. The maximum Gasteiger partial charge on any atom is 0.323 e. The molecule has 0 spiro atoms. The molecule has 5 aromatic rings. The third-order valence-electron chi connectivity index (χ3n) is 5.49. The highest BCUT2D eigenvalue weighted by molar-refractivity contribution is 7.18. The second-order valence-corrected chi connectivity index (χ2v) is 9.26. The summed E-state index contributed by atoms with van der Waals surface area (Å²) < 4.78 is 1.06. The Morgan fingerprint density at radius 1 is 0.912 bits per heavy atom. The molecule has 0 aliphatic heterocycles. The SMILES string of the molecule is Cc1cccc(NC(=O)Nc2ccc(-c3csc4c(-c5cccc(Cl)c5)cnc(N)c34)cc2)c1. The standard InChI is InChI=1S/C27H21ClN4OS/c1-16-4-2-7-21(12-16)32-27(33)31-20-10-8-17(9-11-20)23-15-34-25-22(14-30-26(29)24(23)25)18-5-3-6-19(28)13-18/h2-15H,1H3,(H2,29,30)(H2,31,32,33). The Balaban J connectivity index is 1.41. The number of fused-ring (bicyclic) bond motifs is 1. The zero-order chi connectivity index (χ0) is 23.7. The van der Waals surface area contributed by atoms with Gasteiger partial charge in [0.25, 0.3) is 0 Å². The number of aryl methyl sites for hydroxylation is 1. The second kappa shape index (κ2) is 9.17. The highest BCUT2D eigenvalue weighted by Crippen LogP contribution is 2.42. The van der Waals surface area contributed by atoms with Gasteiger partial charge in [-0.15, -0.1) is 11.3 Å². The van der Waals surface area contributed by atoms with Gasteiger partial charge in [0, 0.05) is 43.8 Å². The predicted molar refractivity (Wildman–Crippen MR) is 144 cm³/mol. The van der Waals surface area contributed by atoms with E-state index in [9.17, 15) is 4.79 Å². The van der Waals surface area contributed by atoms with Gasteiger partial charge in [-0.05, 0) is 65.4 Å². The number of hydrogen-bond donors (Lipinski definition) is 3. The van der Waals surface area contributed by atoms with Crippen molar-refractivity contribution < 1.29 is 4.79 Å². The van der Waals surface area contributed by atoms with Gasteiger partial charge in [0.15, 0.2) is 0 Å². The van der Waals surface area contributed by atoms with Crippen LogP contribution < -0.4 is 16.4 Å². The Labute approximate surface area is 206 Å². The molecule has 2 amide bonds. The quantitative estimate of drug-likeness (QED) is 0.243. The lowest BCUT2D eigenvalue weighted by atomic mass is 10.0. The number of rotatable bonds is 4. The lowest BCUT2D eigenvalue weighted by Gasteiger charge is -2.10. The summed E-state index contributed by atoms with van der Waals surface area (Å²) in [5.41, 5.74) is 12.8. The largest absolute Gasteiger partial charge is 0.383 e. The van der Waals surface area contributed by atoms with E-state index >= 15 is 0 Å². The number of hydrogen-bond acceptors (Lipinski definition) is 4. The van der Waals surface area contributed by atoms with Crippen molar-refractivity contribution in [2.24, 2.45) is 0 Å².